The number of rotatable bonds is 5. The summed E-state index contributed by atoms with van der Waals surface area (Å²) in [6.45, 7) is 0.206. The molecule has 7 nitrogen and oxygen atoms in total. The van der Waals surface area contributed by atoms with E-state index in [-0.39, 0.29) is 12.6 Å². The molecule has 4 N–H and O–H groups in total. The number of carboxylic acid groups (broad SMARTS) is 1. The molecule has 98 valence electrons. The van der Waals surface area contributed by atoms with E-state index in [1.165, 1.54) is 4.90 Å². The molecule has 1 fully saturated rings. The van der Waals surface area contributed by atoms with Crippen LogP contribution in [0.15, 0.2) is 0 Å². The van der Waals surface area contributed by atoms with Crippen LogP contribution in [0.1, 0.15) is 12.8 Å². The van der Waals surface area contributed by atoms with Gasteiger partial charge in [0.2, 0.25) is 0 Å². The van der Waals surface area contributed by atoms with Gasteiger partial charge >= 0.3 is 12.0 Å². The number of amides is 2. The van der Waals surface area contributed by atoms with Crippen LogP contribution in [0.25, 0.3) is 0 Å². The number of nitrogens with zero attached hydrogens (tertiary/aromatic N) is 1. The molecule has 1 aliphatic carbocycles. The maximum Gasteiger partial charge on any atom is 0.334 e. The summed E-state index contributed by atoms with van der Waals surface area (Å²) < 4.78 is 0. The first-order chi connectivity index (χ1) is 7.90. The maximum absolute atomic E-state index is 11.5. The number of aliphatic carboxylic acids is 1. The minimum atomic E-state index is -1.59. The molecule has 1 saturated carbocycles. The first kappa shape index (κ1) is 13.7. The fourth-order valence-corrected chi connectivity index (χ4v) is 1.73. The van der Waals surface area contributed by atoms with Crippen LogP contribution in [-0.4, -0.2) is 64.6 Å². The van der Waals surface area contributed by atoms with Crippen molar-refractivity contribution in [3.63, 3.8) is 0 Å². The van der Waals surface area contributed by atoms with Gasteiger partial charge in [0.25, 0.3) is 0 Å². The molecule has 0 saturated heterocycles. The van der Waals surface area contributed by atoms with E-state index in [0.717, 1.165) is 0 Å². The van der Waals surface area contributed by atoms with Gasteiger partial charge in [0.15, 0.2) is 6.10 Å². The van der Waals surface area contributed by atoms with Crippen molar-refractivity contribution in [3.8, 4) is 0 Å². The molecule has 17 heavy (non-hydrogen) atoms. The highest BCUT2D eigenvalue weighted by Gasteiger charge is 2.29. The summed E-state index contributed by atoms with van der Waals surface area (Å²) in [6, 6.07) is -0.424. The van der Waals surface area contributed by atoms with Gasteiger partial charge in [-0.25, -0.2) is 9.59 Å². The Kier molecular flexibility index (Phi) is 4.71. The lowest BCUT2D eigenvalue weighted by molar-refractivity contribution is -0.146. The lowest BCUT2D eigenvalue weighted by Crippen LogP contribution is -2.46. The van der Waals surface area contributed by atoms with Crippen LogP contribution < -0.4 is 5.32 Å². The number of carboxylic acids is 1. The Bertz CT molecular complexity index is 290. The molecule has 1 rings (SSSR count). The molecule has 2 amide bonds. The van der Waals surface area contributed by atoms with Crippen molar-refractivity contribution in [2.24, 2.45) is 5.92 Å². The molecular weight excluding hydrogens is 228 g/mol. The predicted molar refractivity (Wildman–Crippen MR) is 58.4 cm³/mol. The first-order valence-corrected chi connectivity index (χ1v) is 5.48. The Balaban J connectivity index is 2.20. The van der Waals surface area contributed by atoms with Gasteiger partial charge in [-0.1, -0.05) is 0 Å². The van der Waals surface area contributed by atoms with Gasteiger partial charge < -0.3 is 25.5 Å². The highest BCUT2D eigenvalue weighted by Crippen LogP contribution is 2.27. The zero-order valence-electron chi connectivity index (χ0n) is 9.67. The van der Waals surface area contributed by atoms with Gasteiger partial charge in [-0.05, 0) is 18.8 Å². The highest BCUT2D eigenvalue weighted by molar-refractivity contribution is 5.76. The van der Waals surface area contributed by atoms with Crippen LogP contribution in [0.3, 0.4) is 0 Å². The molecule has 0 unspecified atom stereocenters. The molecule has 0 bridgehead atoms. The Morgan fingerprint density at radius 3 is 2.53 bits per heavy atom. The molecule has 7 heteroatoms. The minimum absolute atomic E-state index is 0.259. The molecule has 0 aromatic carbocycles. The van der Waals surface area contributed by atoms with Crippen molar-refractivity contribution in [1.29, 1.82) is 0 Å². The van der Waals surface area contributed by atoms with E-state index in [4.69, 9.17) is 15.3 Å². The Labute approximate surface area is 99.0 Å². The molecular formula is C10H18N2O5. The van der Waals surface area contributed by atoms with Gasteiger partial charge in [-0.2, -0.15) is 0 Å². The Morgan fingerprint density at radius 2 is 2.06 bits per heavy atom. The number of urea groups is 1. The van der Waals surface area contributed by atoms with Crippen molar-refractivity contribution in [2.45, 2.75) is 25.0 Å². The van der Waals surface area contributed by atoms with E-state index >= 15 is 0 Å². The third-order valence-electron chi connectivity index (χ3n) is 2.82. The topological polar surface area (TPSA) is 110 Å². The first-order valence-electron chi connectivity index (χ1n) is 5.48. The van der Waals surface area contributed by atoms with Gasteiger partial charge in [0, 0.05) is 13.6 Å². The SMILES string of the molecule is CN(CC1CC(O)C1)C(=O)NC[C@H](O)C(=O)O. The van der Waals surface area contributed by atoms with Crippen molar-refractivity contribution in [2.75, 3.05) is 20.1 Å². The molecule has 0 radical (unpaired) electrons. The highest BCUT2D eigenvalue weighted by atomic mass is 16.4. The maximum atomic E-state index is 11.5. The summed E-state index contributed by atoms with van der Waals surface area (Å²) >= 11 is 0. The number of aliphatic hydroxyl groups excluding tert-OH is 2. The molecule has 0 heterocycles. The van der Waals surface area contributed by atoms with Gasteiger partial charge in [-0.3, -0.25) is 0 Å². The summed E-state index contributed by atoms with van der Waals surface area (Å²) in [7, 11) is 1.59. The number of hydrogen-bond acceptors (Lipinski definition) is 4. The summed E-state index contributed by atoms with van der Waals surface area (Å²) in [5, 5.41) is 28.8. The normalized spacial score (nSPS) is 24.6. The Hall–Kier alpha value is -1.34. The zero-order valence-corrected chi connectivity index (χ0v) is 9.67. The minimum Gasteiger partial charge on any atom is -0.479 e. The third kappa shape index (κ3) is 4.20. The van der Waals surface area contributed by atoms with Crippen molar-refractivity contribution >= 4 is 12.0 Å². The second kappa shape index (κ2) is 5.83. The summed E-state index contributed by atoms with van der Waals surface area (Å²) in [6.07, 6.45) is -0.465. The van der Waals surface area contributed by atoms with Gasteiger partial charge in [0.1, 0.15) is 0 Å². The number of carbonyl (C=O) groups is 2. The van der Waals surface area contributed by atoms with E-state index in [9.17, 15) is 9.59 Å². The second-order valence-corrected chi connectivity index (χ2v) is 4.41. The lowest BCUT2D eigenvalue weighted by atomic mass is 9.82. The lowest BCUT2D eigenvalue weighted by Gasteiger charge is -2.34. The second-order valence-electron chi connectivity index (χ2n) is 4.41. The quantitative estimate of drug-likeness (QED) is 0.489. The predicted octanol–water partition coefficient (Wildman–Crippen LogP) is -1.16. The molecule has 0 aliphatic heterocycles. The molecule has 0 aromatic heterocycles. The number of aliphatic hydroxyl groups is 2. The van der Waals surface area contributed by atoms with Crippen molar-refractivity contribution in [3.05, 3.63) is 0 Å². The average Bonchev–Trinajstić information content (AvgIpc) is 2.22. The van der Waals surface area contributed by atoms with Gasteiger partial charge in [-0.15, -0.1) is 0 Å². The van der Waals surface area contributed by atoms with Crippen LogP contribution >= 0.6 is 0 Å². The van der Waals surface area contributed by atoms with E-state index in [2.05, 4.69) is 5.32 Å². The summed E-state index contributed by atoms with van der Waals surface area (Å²) in [5.41, 5.74) is 0. The van der Waals surface area contributed by atoms with E-state index in [1.807, 2.05) is 0 Å². The van der Waals surface area contributed by atoms with Crippen LogP contribution in [0.5, 0.6) is 0 Å². The standard InChI is InChI=1S/C10H18N2O5/c1-12(5-6-2-7(13)3-6)10(17)11-4-8(14)9(15)16/h6-8,13-14H,2-5H2,1H3,(H,11,17)(H,15,16)/t6?,7?,8-/m0/s1. The van der Waals surface area contributed by atoms with E-state index < -0.39 is 18.1 Å². The fourth-order valence-electron chi connectivity index (χ4n) is 1.73. The molecule has 1 atom stereocenters. The largest absolute Gasteiger partial charge is 0.479 e. The van der Waals surface area contributed by atoms with E-state index in [1.54, 1.807) is 7.05 Å². The molecule has 0 spiro atoms. The number of hydrogen-bond donors (Lipinski definition) is 4. The summed E-state index contributed by atoms with van der Waals surface area (Å²) in [4.78, 5) is 23.2. The number of nitrogens with one attached hydrogen (secondary N) is 1. The average molecular weight is 246 g/mol. The number of carbonyl (C=O) groups excluding carboxylic acids is 1. The van der Waals surface area contributed by atoms with Gasteiger partial charge in [0.05, 0.1) is 12.6 Å². The van der Waals surface area contributed by atoms with Crippen molar-refractivity contribution < 1.29 is 24.9 Å². The molecule has 0 aromatic rings. The Morgan fingerprint density at radius 1 is 1.47 bits per heavy atom. The van der Waals surface area contributed by atoms with Crippen LogP contribution in [0, 0.1) is 5.92 Å². The monoisotopic (exact) mass is 246 g/mol. The smallest absolute Gasteiger partial charge is 0.334 e. The van der Waals surface area contributed by atoms with Crippen LogP contribution in [-0.2, 0) is 4.79 Å². The fraction of sp³-hybridized carbons (Fsp3) is 0.800. The zero-order chi connectivity index (χ0) is 13.0. The molecule has 1 aliphatic rings. The summed E-state index contributed by atoms with van der Waals surface area (Å²) in [5.74, 6) is -1.07. The van der Waals surface area contributed by atoms with E-state index in [0.29, 0.717) is 25.3 Å². The van der Waals surface area contributed by atoms with Crippen LogP contribution in [0.2, 0.25) is 0 Å². The van der Waals surface area contributed by atoms with Crippen molar-refractivity contribution in [1.82, 2.24) is 10.2 Å². The third-order valence-corrected chi connectivity index (χ3v) is 2.82. The van der Waals surface area contributed by atoms with Crippen LogP contribution in [0.4, 0.5) is 4.79 Å².